The molecule has 0 aromatic heterocycles. The number of fused-ring (bicyclic) bond motifs is 1. The maximum atomic E-state index is 13.5. The number of benzene rings is 2. The number of rotatable bonds is 6. The Morgan fingerprint density at radius 3 is 2.48 bits per heavy atom. The van der Waals surface area contributed by atoms with Gasteiger partial charge >= 0.3 is 0 Å². The fourth-order valence-electron chi connectivity index (χ4n) is 5.34. The lowest BCUT2D eigenvalue weighted by atomic mass is 9.85. The van der Waals surface area contributed by atoms with Crippen LogP contribution in [0.2, 0.25) is 0 Å². The van der Waals surface area contributed by atoms with Crippen molar-refractivity contribution in [3.05, 3.63) is 35.9 Å². The van der Waals surface area contributed by atoms with Crippen molar-refractivity contribution < 1.29 is 14.3 Å². The number of methoxy groups -OCH3 is 2. The minimum absolute atomic E-state index is 0.332. The summed E-state index contributed by atoms with van der Waals surface area (Å²) in [6.07, 6.45) is 5.13. The minimum Gasteiger partial charge on any atom is -0.496 e. The highest BCUT2D eigenvalue weighted by atomic mass is 16.5. The van der Waals surface area contributed by atoms with Crippen LogP contribution in [-0.2, 0) is 11.3 Å². The average Bonchev–Trinajstić information content (AvgIpc) is 3.14. The number of likely N-dealkylation sites (tertiary alicyclic amines) is 2. The first-order chi connectivity index (χ1) is 14.1. The van der Waals surface area contributed by atoms with Crippen LogP contribution in [0.4, 0.5) is 0 Å². The largest absolute Gasteiger partial charge is 0.496 e. The summed E-state index contributed by atoms with van der Waals surface area (Å²) in [5, 5.41) is 2.14. The zero-order valence-electron chi connectivity index (χ0n) is 17.9. The molecule has 0 saturated carbocycles. The molecule has 2 aliphatic heterocycles. The lowest BCUT2D eigenvalue weighted by Crippen LogP contribution is -2.59. The molecule has 1 spiro atoms. The first-order valence-corrected chi connectivity index (χ1v) is 10.8. The van der Waals surface area contributed by atoms with Gasteiger partial charge in [0.2, 0.25) is 5.91 Å². The molecule has 0 bridgehead atoms. The number of nitrogens with zero attached hydrogens (tertiary/aromatic N) is 2. The molecule has 4 rings (SSSR count). The molecule has 1 atom stereocenters. The molecule has 5 heteroatoms. The fraction of sp³-hybridized carbons (Fsp3) is 0.542. The lowest BCUT2D eigenvalue weighted by Gasteiger charge is -2.45. The van der Waals surface area contributed by atoms with E-state index in [1.165, 1.54) is 5.56 Å². The second-order valence-electron chi connectivity index (χ2n) is 8.26. The number of carbonyl (C=O) groups excluding carboxylic acids is 1. The summed E-state index contributed by atoms with van der Waals surface area (Å²) < 4.78 is 11.3. The lowest BCUT2D eigenvalue weighted by molar-refractivity contribution is -0.147. The van der Waals surface area contributed by atoms with E-state index in [-0.39, 0.29) is 5.54 Å². The van der Waals surface area contributed by atoms with Crippen molar-refractivity contribution in [3.63, 3.8) is 0 Å². The molecular weight excluding hydrogens is 364 g/mol. The van der Waals surface area contributed by atoms with Crippen LogP contribution < -0.4 is 9.47 Å². The fourth-order valence-corrected chi connectivity index (χ4v) is 5.34. The molecule has 156 valence electrons. The van der Waals surface area contributed by atoms with Gasteiger partial charge in [0.25, 0.3) is 0 Å². The standard InChI is InChI=1S/C24H32N2O3/c1-4-14-25-15-6-12-24(23(25)27)13-7-16-26(24)17-18-10-11-20(28-2)19-8-5-9-21(29-3)22(18)19/h5,8-11H,4,6-7,12-17H2,1-3H3. The highest BCUT2D eigenvalue weighted by Crippen LogP contribution is 2.41. The average molecular weight is 397 g/mol. The number of ether oxygens (including phenoxy) is 2. The van der Waals surface area contributed by atoms with E-state index in [0.29, 0.717) is 5.91 Å². The van der Waals surface area contributed by atoms with Crippen LogP contribution in [0, 0.1) is 0 Å². The van der Waals surface area contributed by atoms with Crippen molar-refractivity contribution in [3.8, 4) is 11.5 Å². The van der Waals surface area contributed by atoms with Crippen molar-refractivity contribution >= 4 is 16.7 Å². The Morgan fingerprint density at radius 1 is 1.00 bits per heavy atom. The first-order valence-electron chi connectivity index (χ1n) is 10.8. The molecule has 2 fully saturated rings. The molecule has 2 aromatic carbocycles. The summed E-state index contributed by atoms with van der Waals surface area (Å²) in [6.45, 7) is 5.65. The Bertz CT molecular complexity index is 895. The third-order valence-corrected chi connectivity index (χ3v) is 6.67. The van der Waals surface area contributed by atoms with Gasteiger partial charge in [-0.15, -0.1) is 0 Å². The molecule has 1 unspecified atom stereocenters. The van der Waals surface area contributed by atoms with Gasteiger partial charge in [0, 0.05) is 30.4 Å². The van der Waals surface area contributed by atoms with E-state index in [1.807, 2.05) is 18.2 Å². The summed E-state index contributed by atoms with van der Waals surface area (Å²) in [7, 11) is 3.41. The van der Waals surface area contributed by atoms with E-state index in [2.05, 4.69) is 28.9 Å². The Kier molecular flexibility index (Phi) is 5.68. The first kappa shape index (κ1) is 20.0. The molecule has 2 aromatic rings. The summed E-state index contributed by atoms with van der Waals surface area (Å²) in [5.74, 6) is 2.04. The quantitative estimate of drug-likeness (QED) is 0.733. The molecule has 0 aliphatic carbocycles. The van der Waals surface area contributed by atoms with Crippen molar-refractivity contribution in [2.24, 2.45) is 0 Å². The van der Waals surface area contributed by atoms with Gasteiger partial charge in [0.05, 0.1) is 14.2 Å². The predicted molar refractivity (Wildman–Crippen MR) is 116 cm³/mol. The highest BCUT2D eigenvalue weighted by molar-refractivity contribution is 5.96. The normalized spacial score (nSPS) is 22.6. The molecular formula is C24H32N2O3. The topological polar surface area (TPSA) is 42.0 Å². The molecule has 0 N–H and O–H groups in total. The van der Waals surface area contributed by atoms with Crippen LogP contribution in [0.5, 0.6) is 11.5 Å². The smallest absolute Gasteiger partial charge is 0.243 e. The number of hydrogen-bond acceptors (Lipinski definition) is 4. The van der Waals surface area contributed by atoms with E-state index >= 15 is 0 Å². The van der Waals surface area contributed by atoms with Crippen LogP contribution >= 0.6 is 0 Å². The van der Waals surface area contributed by atoms with Gasteiger partial charge in [0.1, 0.15) is 17.0 Å². The Labute approximate surface area is 173 Å². The van der Waals surface area contributed by atoms with Crippen molar-refractivity contribution in [1.29, 1.82) is 0 Å². The van der Waals surface area contributed by atoms with Crippen LogP contribution in [0.3, 0.4) is 0 Å². The molecule has 29 heavy (non-hydrogen) atoms. The molecule has 5 nitrogen and oxygen atoms in total. The monoisotopic (exact) mass is 396 g/mol. The maximum Gasteiger partial charge on any atom is 0.243 e. The molecule has 2 heterocycles. The second-order valence-corrected chi connectivity index (χ2v) is 8.26. The molecule has 2 aliphatic rings. The van der Waals surface area contributed by atoms with E-state index in [1.54, 1.807) is 14.2 Å². The number of carbonyl (C=O) groups is 1. The van der Waals surface area contributed by atoms with Gasteiger partial charge in [-0.1, -0.05) is 25.1 Å². The number of hydrogen-bond donors (Lipinski definition) is 0. The highest BCUT2D eigenvalue weighted by Gasteiger charge is 2.50. The van der Waals surface area contributed by atoms with Gasteiger partial charge in [0.15, 0.2) is 0 Å². The summed E-state index contributed by atoms with van der Waals surface area (Å²) in [5.41, 5.74) is 0.863. The minimum atomic E-state index is -0.332. The third kappa shape index (κ3) is 3.35. The number of amides is 1. The Balaban J connectivity index is 1.72. The Hall–Kier alpha value is -2.27. The predicted octanol–water partition coefficient (Wildman–Crippen LogP) is 4.22. The van der Waals surface area contributed by atoms with Crippen LogP contribution in [0.1, 0.15) is 44.6 Å². The molecule has 1 amide bonds. The third-order valence-electron chi connectivity index (χ3n) is 6.67. The summed E-state index contributed by atoms with van der Waals surface area (Å²) in [4.78, 5) is 18.0. The van der Waals surface area contributed by atoms with E-state index in [9.17, 15) is 4.79 Å². The van der Waals surface area contributed by atoms with E-state index < -0.39 is 0 Å². The summed E-state index contributed by atoms with van der Waals surface area (Å²) >= 11 is 0. The zero-order valence-corrected chi connectivity index (χ0v) is 17.9. The van der Waals surface area contributed by atoms with E-state index in [0.717, 1.165) is 80.6 Å². The van der Waals surface area contributed by atoms with Gasteiger partial charge in [-0.05, 0) is 56.3 Å². The van der Waals surface area contributed by atoms with Crippen LogP contribution in [-0.4, -0.2) is 55.1 Å². The maximum absolute atomic E-state index is 13.5. The van der Waals surface area contributed by atoms with Crippen LogP contribution in [0.15, 0.2) is 30.3 Å². The van der Waals surface area contributed by atoms with Gasteiger partial charge < -0.3 is 14.4 Å². The van der Waals surface area contributed by atoms with Crippen LogP contribution in [0.25, 0.3) is 10.8 Å². The van der Waals surface area contributed by atoms with Gasteiger partial charge in [-0.25, -0.2) is 0 Å². The van der Waals surface area contributed by atoms with Gasteiger partial charge in [-0.2, -0.15) is 0 Å². The van der Waals surface area contributed by atoms with Crippen molar-refractivity contribution in [2.75, 3.05) is 33.9 Å². The van der Waals surface area contributed by atoms with Crippen molar-refractivity contribution in [2.45, 2.75) is 51.1 Å². The van der Waals surface area contributed by atoms with E-state index in [4.69, 9.17) is 9.47 Å². The number of piperidine rings is 1. The van der Waals surface area contributed by atoms with Gasteiger partial charge in [-0.3, -0.25) is 9.69 Å². The molecule has 0 radical (unpaired) electrons. The Morgan fingerprint density at radius 2 is 1.76 bits per heavy atom. The second kappa shape index (κ2) is 8.23. The SMILES string of the molecule is CCCN1CCCC2(CCCN2Cc2ccc(OC)c3cccc(OC)c23)C1=O. The molecule has 2 saturated heterocycles. The van der Waals surface area contributed by atoms with Crippen molar-refractivity contribution in [1.82, 2.24) is 9.80 Å². The summed E-state index contributed by atoms with van der Waals surface area (Å²) in [6, 6.07) is 10.2. The zero-order chi connectivity index (χ0) is 20.4.